The molecule has 0 aromatic heterocycles. The van der Waals surface area contributed by atoms with Gasteiger partial charge in [-0.25, -0.2) is 16.8 Å². The summed E-state index contributed by atoms with van der Waals surface area (Å²) in [6, 6.07) is 18.8. The largest absolute Gasteiger partial charge is 2.00 e. The third-order valence-electron chi connectivity index (χ3n) is 21.1. The summed E-state index contributed by atoms with van der Waals surface area (Å²) in [5.41, 5.74) is 4.85. The zero-order valence-electron chi connectivity index (χ0n) is 64.0. The van der Waals surface area contributed by atoms with Gasteiger partial charge in [-0.05, 0) is 107 Å². The molecule has 0 aliphatic heterocycles. The number of rotatable bonds is 66. The molecule has 552 valence electrons. The number of hydrogen-bond donors (Lipinski definition) is 0. The van der Waals surface area contributed by atoms with Crippen LogP contribution in [0.5, 0.6) is 0 Å². The number of fused-ring (bicyclic) bond motifs is 2. The first-order valence-electron chi connectivity index (χ1n) is 42.0. The van der Waals surface area contributed by atoms with Crippen molar-refractivity contribution in [3.8, 4) is 0 Å². The fourth-order valence-electron chi connectivity index (χ4n) is 15.1. The van der Waals surface area contributed by atoms with Gasteiger partial charge < -0.3 is 9.11 Å². The van der Waals surface area contributed by atoms with Crippen LogP contribution in [-0.2, 0) is 45.9 Å². The number of benzene rings is 4. The van der Waals surface area contributed by atoms with Gasteiger partial charge in [0.15, 0.2) is 0 Å². The summed E-state index contributed by atoms with van der Waals surface area (Å²) in [5, 5.41) is 3.32. The Morgan fingerprint density at radius 2 is 0.371 bits per heavy atom. The Hall–Kier alpha value is -1.21. The van der Waals surface area contributed by atoms with E-state index in [2.05, 4.69) is 39.8 Å². The zero-order valence-corrected chi connectivity index (χ0v) is 70.1. The molecule has 0 atom stereocenters. The quantitative estimate of drug-likeness (QED) is 0.0247. The maximum Gasteiger partial charge on any atom is 2.00 e. The molecule has 0 spiro atoms. The molecule has 0 heterocycles. The Balaban J connectivity index is 0.000000653. The van der Waals surface area contributed by atoms with Crippen LogP contribution in [0.2, 0.25) is 0 Å². The second-order valence-electron chi connectivity index (χ2n) is 29.8. The van der Waals surface area contributed by atoms with Gasteiger partial charge >= 0.3 is 48.9 Å². The van der Waals surface area contributed by atoms with E-state index in [9.17, 15) is 25.9 Å². The molecule has 0 saturated heterocycles. The smallest absolute Gasteiger partial charge is 0.744 e. The molecule has 0 fully saturated rings. The van der Waals surface area contributed by atoms with Gasteiger partial charge in [0, 0.05) is 0 Å². The Kier molecular flexibility index (Phi) is 59.9. The molecule has 4 aromatic carbocycles. The van der Waals surface area contributed by atoms with Crippen molar-refractivity contribution in [2.24, 2.45) is 0 Å². The predicted molar refractivity (Wildman–Crippen MR) is 424 cm³/mol. The Morgan fingerprint density at radius 3 is 0.536 bits per heavy atom. The molecule has 0 bridgehead atoms. The van der Waals surface area contributed by atoms with Crippen molar-refractivity contribution in [2.45, 2.75) is 448 Å². The van der Waals surface area contributed by atoms with Crippen LogP contribution in [0.4, 0.5) is 0 Å². The van der Waals surface area contributed by atoms with Gasteiger partial charge in [0.05, 0.1) is 9.79 Å². The van der Waals surface area contributed by atoms with Crippen molar-refractivity contribution >= 4 is 90.7 Å². The Morgan fingerprint density at radius 1 is 0.216 bits per heavy atom. The fourth-order valence-corrected chi connectivity index (χ4v) is 16.4. The van der Waals surface area contributed by atoms with Crippen LogP contribution in [0.15, 0.2) is 70.5 Å². The molecule has 6 nitrogen and oxygen atoms in total. The Labute approximate surface area is 642 Å². The van der Waals surface area contributed by atoms with E-state index in [1.165, 1.54) is 382 Å². The Bertz CT molecular complexity index is 2420. The third kappa shape index (κ3) is 46.3. The summed E-state index contributed by atoms with van der Waals surface area (Å²) in [6.45, 7) is 9.13. The molecule has 0 radical (unpaired) electrons. The van der Waals surface area contributed by atoms with Crippen molar-refractivity contribution in [3.05, 3.63) is 82.9 Å². The number of aryl methyl sites for hydroxylation is 4. The van der Waals surface area contributed by atoms with Crippen molar-refractivity contribution < 1.29 is 25.9 Å². The van der Waals surface area contributed by atoms with E-state index in [0.717, 1.165) is 62.1 Å². The standard InChI is InChI=1S/2C44H76O3S.Ba/c2*1-3-5-7-9-11-13-15-17-19-21-23-25-27-29-31-34-40-36-33-37-42-43(48(45,46)47)39-38-41(44(40)42)35-32-30-28-26-24-22-20-18-16-14-12-10-8-6-4-2;/h2*33,36-39H,3-32,34-35H2,1-2H3,(H,45,46,47);/q;;+2/p-2. The maximum absolute atomic E-state index is 12.1. The first-order valence-corrected chi connectivity index (χ1v) is 44.8. The second kappa shape index (κ2) is 63.3. The second-order valence-corrected chi connectivity index (χ2v) is 32.5. The molecular formula is C88H150BaO6S2. The molecule has 0 saturated carbocycles. The average Bonchev–Trinajstić information content (AvgIpc) is 0.783. The summed E-state index contributed by atoms with van der Waals surface area (Å²) in [4.78, 5) is -0.118. The normalized spacial score (nSPS) is 11.9. The average molecular weight is 1510 g/mol. The van der Waals surface area contributed by atoms with Gasteiger partial charge in [0.25, 0.3) is 0 Å². The fraction of sp³-hybridized carbons (Fsp3) is 0.773. The van der Waals surface area contributed by atoms with Crippen LogP contribution in [0.25, 0.3) is 21.5 Å². The zero-order chi connectivity index (χ0) is 69.1. The predicted octanol–water partition coefficient (Wildman–Crippen LogP) is 28.8. The van der Waals surface area contributed by atoms with E-state index in [4.69, 9.17) is 0 Å². The minimum Gasteiger partial charge on any atom is -0.744 e. The first-order chi connectivity index (χ1) is 47.0. The van der Waals surface area contributed by atoms with Crippen molar-refractivity contribution in [1.29, 1.82) is 0 Å². The van der Waals surface area contributed by atoms with Crippen LogP contribution in [0, 0.1) is 0 Å². The molecule has 0 aliphatic carbocycles. The van der Waals surface area contributed by atoms with Gasteiger partial charge in [0.1, 0.15) is 20.2 Å². The van der Waals surface area contributed by atoms with E-state index in [1.807, 2.05) is 36.4 Å². The van der Waals surface area contributed by atoms with E-state index < -0.39 is 20.2 Å². The molecule has 0 unspecified atom stereocenters. The number of hydrogen-bond acceptors (Lipinski definition) is 6. The molecule has 0 N–H and O–H groups in total. The topological polar surface area (TPSA) is 114 Å². The van der Waals surface area contributed by atoms with E-state index >= 15 is 0 Å². The summed E-state index contributed by atoms with van der Waals surface area (Å²) in [7, 11) is -9.03. The summed E-state index contributed by atoms with van der Waals surface area (Å²) >= 11 is 0. The van der Waals surface area contributed by atoms with Crippen molar-refractivity contribution in [2.75, 3.05) is 0 Å². The van der Waals surface area contributed by atoms with Gasteiger partial charge in [-0.2, -0.15) is 0 Å². The molecule has 0 amide bonds. The summed E-state index contributed by atoms with van der Waals surface area (Å²) < 4.78 is 72.8. The summed E-state index contributed by atoms with van der Waals surface area (Å²) in [5.74, 6) is 0. The molecule has 4 rings (SSSR count). The minimum atomic E-state index is -4.51. The van der Waals surface area contributed by atoms with Gasteiger partial charge in [-0.1, -0.05) is 436 Å². The van der Waals surface area contributed by atoms with Crippen molar-refractivity contribution in [3.63, 3.8) is 0 Å². The minimum absolute atomic E-state index is 0. The molecular weight excluding hydrogens is 1350 g/mol. The first kappa shape index (κ1) is 91.9. The van der Waals surface area contributed by atoms with E-state index in [0.29, 0.717) is 10.8 Å². The SMILES string of the molecule is CCCCCCCCCCCCCCCCCc1cccc2c(S(=O)(=O)[O-])ccc(CCCCCCCCCCCCCCCCC)c12.CCCCCCCCCCCCCCCCCc1cccc2c(S(=O)(=O)[O-])ccc(CCCCCCCCCCCCCCCCC)c12.[Ba+2]. The van der Waals surface area contributed by atoms with Gasteiger partial charge in [0.2, 0.25) is 0 Å². The van der Waals surface area contributed by atoms with Gasteiger partial charge in [-0.3, -0.25) is 0 Å². The monoisotopic (exact) mass is 1500 g/mol. The third-order valence-corrected chi connectivity index (χ3v) is 22.9. The molecule has 0 aliphatic rings. The molecule has 9 heteroatoms. The van der Waals surface area contributed by atoms with E-state index in [-0.39, 0.29) is 58.7 Å². The van der Waals surface area contributed by atoms with Crippen LogP contribution >= 0.6 is 0 Å². The summed E-state index contributed by atoms with van der Waals surface area (Å²) in [6.07, 6.45) is 84.7. The van der Waals surface area contributed by atoms with Crippen LogP contribution in [-0.4, -0.2) is 74.8 Å². The van der Waals surface area contributed by atoms with Crippen LogP contribution < -0.4 is 0 Å². The maximum atomic E-state index is 12.1. The van der Waals surface area contributed by atoms with Gasteiger partial charge in [-0.15, -0.1) is 0 Å². The van der Waals surface area contributed by atoms with Crippen LogP contribution in [0.3, 0.4) is 0 Å². The van der Waals surface area contributed by atoms with E-state index in [1.54, 1.807) is 12.1 Å². The molecule has 97 heavy (non-hydrogen) atoms. The number of unbranched alkanes of at least 4 members (excludes halogenated alkanes) is 56. The van der Waals surface area contributed by atoms with Crippen LogP contribution in [0.1, 0.15) is 435 Å². The molecule has 4 aromatic rings. The van der Waals surface area contributed by atoms with Crippen molar-refractivity contribution in [1.82, 2.24) is 0 Å².